The van der Waals surface area contributed by atoms with Crippen LogP contribution in [0.1, 0.15) is 38.7 Å². The molecule has 1 fully saturated rings. The Morgan fingerprint density at radius 1 is 1.35 bits per heavy atom. The zero-order valence-corrected chi connectivity index (χ0v) is 15.7. The van der Waals surface area contributed by atoms with Crippen LogP contribution in [0.25, 0.3) is 16.9 Å². The van der Waals surface area contributed by atoms with Crippen LogP contribution in [-0.2, 0) is 0 Å². The maximum atomic E-state index is 9.37. The minimum absolute atomic E-state index is 0.380. The summed E-state index contributed by atoms with van der Waals surface area (Å²) in [6.07, 6.45) is 5.34. The molecule has 2 N–H and O–H groups in total. The van der Waals surface area contributed by atoms with Crippen molar-refractivity contribution in [1.82, 2.24) is 14.6 Å². The van der Waals surface area contributed by atoms with E-state index in [1.807, 2.05) is 28.8 Å². The fourth-order valence-electron chi connectivity index (χ4n) is 3.93. The first-order valence-electron chi connectivity index (χ1n) is 9.11. The van der Waals surface area contributed by atoms with Gasteiger partial charge in [-0.05, 0) is 30.4 Å². The van der Waals surface area contributed by atoms with E-state index in [0.717, 1.165) is 23.5 Å². The fourth-order valence-corrected chi connectivity index (χ4v) is 4.12. The lowest BCUT2D eigenvalue weighted by Gasteiger charge is -2.35. The first-order chi connectivity index (χ1) is 12.6. The van der Waals surface area contributed by atoms with E-state index < -0.39 is 0 Å². The van der Waals surface area contributed by atoms with Crippen LogP contribution in [0.5, 0.6) is 0 Å². The summed E-state index contributed by atoms with van der Waals surface area (Å²) in [5, 5.41) is 16.9. The molecular weight excluding hydrogens is 346 g/mol. The predicted molar refractivity (Wildman–Crippen MR) is 104 cm³/mol. The van der Waals surface area contributed by atoms with Gasteiger partial charge in [0.05, 0.1) is 0 Å². The number of benzene rings is 1. The van der Waals surface area contributed by atoms with Crippen molar-refractivity contribution in [1.29, 1.82) is 5.26 Å². The number of hydrogen-bond donors (Lipinski definition) is 2. The van der Waals surface area contributed by atoms with Gasteiger partial charge in [-0.1, -0.05) is 50.4 Å². The number of nitriles is 1. The number of H-pyrrole nitrogens is 1. The van der Waals surface area contributed by atoms with Gasteiger partial charge in [0.2, 0.25) is 0 Å². The van der Waals surface area contributed by atoms with Gasteiger partial charge >= 0.3 is 0 Å². The van der Waals surface area contributed by atoms with Crippen LogP contribution in [-0.4, -0.2) is 20.6 Å². The van der Waals surface area contributed by atoms with E-state index in [9.17, 15) is 5.26 Å². The van der Waals surface area contributed by atoms with E-state index in [2.05, 4.69) is 30.3 Å². The average molecular weight is 368 g/mol. The van der Waals surface area contributed by atoms with E-state index in [1.54, 1.807) is 6.20 Å². The van der Waals surface area contributed by atoms with Gasteiger partial charge < -0.3 is 5.32 Å². The summed E-state index contributed by atoms with van der Waals surface area (Å²) in [5.41, 5.74) is 2.94. The summed E-state index contributed by atoms with van der Waals surface area (Å²) in [6, 6.07) is 10.3. The molecule has 6 heteroatoms. The Hall–Kier alpha value is -2.45. The highest BCUT2D eigenvalue weighted by molar-refractivity contribution is 6.30. The van der Waals surface area contributed by atoms with E-state index >= 15 is 0 Å². The molecule has 1 saturated carbocycles. The van der Waals surface area contributed by atoms with E-state index in [0.29, 0.717) is 34.1 Å². The molecule has 2 heterocycles. The third-order valence-electron chi connectivity index (χ3n) is 5.70. The normalized spacial score (nSPS) is 23.1. The molecule has 1 aliphatic rings. The van der Waals surface area contributed by atoms with Gasteiger partial charge in [-0.3, -0.25) is 5.10 Å². The molecule has 3 unspecified atom stereocenters. The second-order valence-electron chi connectivity index (χ2n) is 7.30. The Kier molecular flexibility index (Phi) is 4.37. The van der Waals surface area contributed by atoms with E-state index in [1.165, 1.54) is 12.8 Å². The molecular formula is C20H22ClN5. The minimum atomic E-state index is 0.380. The molecule has 0 aliphatic heterocycles. The Bertz CT molecular complexity index is 980. The highest BCUT2D eigenvalue weighted by atomic mass is 35.5. The molecule has 1 aliphatic carbocycles. The maximum Gasteiger partial charge on any atom is 0.173 e. The number of nitrogens with one attached hydrogen (secondary N) is 2. The average Bonchev–Trinajstić information content (AvgIpc) is 3.18. The lowest BCUT2D eigenvalue weighted by atomic mass is 9.78. The number of nitrogens with zero attached hydrogens (tertiary/aromatic N) is 3. The molecule has 134 valence electrons. The molecule has 26 heavy (non-hydrogen) atoms. The SMILES string of the molecule is CC1CCCC(Nc2c(-c3cccc(Cl)c3)nc3c(C#N)c[nH]n23)C1C. The monoisotopic (exact) mass is 367 g/mol. The Morgan fingerprint density at radius 3 is 2.96 bits per heavy atom. The lowest BCUT2D eigenvalue weighted by molar-refractivity contribution is 0.252. The number of imidazole rings is 1. The second kappa shape index (κ2) is 6.69. The third kappa shape index (κ3) is 2.85. The fraction of sp³-hybridized carbons (Fsp3) is 0.400. The van der Waals surface area contributed by atoms with E-state index in [-0.39, 0.29) is 0 Å². The number of aromatic nitrogens is 3. The largest absolute Gasteiger partial charge is 0.365 e. The molecule has 5 nitrogen and oxygen atoms in total. The number of halogens is 1. The van der Waals surface area contributed by atoms with Gasteiger partial charge in [0, 0.05) is 22.8 Å². The lowest BCUT2D eigenvalue weighted by Crippen LogP contribution is -2.35. The van der Waals surface area contributed by atoms with Gasteiger partial charge in [-0.25, -0.2) is 9.50 Å². The summed E-state index contributed by atoms with van der Waals surface area (Å²) in [5.74, 6) is 2.17. The van der Waals surface area contributed by atoms with E-state index in [4.69, 9.17) is 16.6 Å². The highest BCUT2D eigenvalue weighted by Crippen LogP contribution is 2.36. The molecule has 0 spiro atoms. The Balaban J connectivity index is 1.82. The van der Waals surface area contributed by atoms with Crippen LogP contribution < -0.4 is 5.32 Å². The first-order valence-corrected chi connectivity index (χ1v) is 9.48. The number of rotatable bonds is 3. The highest BCUT2D eigenvalue weighted by Gasteiger charge is 2.29. The van der Waals surface area contributed by atoms with Crippen LogP contribution in [0.2, 0.25) is 5.02 Å². The van der Waals surface area contributed by atoms with Crippen LogP contribution in [0, 0.1) is 23.2 Å². The van der Waals surface area contributed by atoms with Gasteiger partial charge in [0.1, 0.15) is 17.3 Å². The van der Waals surface area contributed by atoms with Gasteiger partial charge in [0.15, 0.2) is 11.5 Å². The van der Waals surface area contributed by atoms with Crippen molar-refractivity contribution in [2.75, 3.05) is 5.32 Å². The number of anilines is 1. The van der Waals surface area contributed by atoms with Crippen LogP contribution in [0.4, 0.5) is 5.82 Å². The third-order valence-corrected chi connectivity index (χ3v) is 5.94. The number of fused-ring (bicyclic) bond motifs is 1. The molecule has 1 aromatic carbocycles. The van der Waals surface area contributed by atoms with Gasteiger partial charge in [-0.15, -0.1) is 0 Å². The van der Waals surface area contributed by atoms with Crippen LogP contribution >= 0.6 is 11.6 Å². The topological polar surface area (TPSA) is 68.9 Å². The van der Waals surface area contributed by atoms with Crippen molar-refractivity contribution in [3.63, 3.8) is 0 Å². The zero-order valence-electron chi connectivity index (χ0n) is 15.0. The standard InChI is InChI=1S/C20H22ClN5/c1-12-5-3-8-17(13(12)2)24-20-18(14-6-4-7-16(21)9-14)25-19-15(10-22)11-23-26(19)20/h4,6-7,9,11-13,17,23-24H,3,5,8H2,1-2H3. The molecule has 0 saturated heterocycles. The summed E-state index contributed by atoms with van der Waals surface area (Å²) in [7, 11) is 0. The predicted octanol–water partition coefficient (Wildman–Crippen LogP) is 5.09. The summed E-state index contributed by atoms with van der Waals surface area (Å²) >= 11 is 6.20. The van der Waals surface area contributed by atoms with Crippen molar-refractivity contribution in [2.24, 2.45) is 11.8 Å². The van der Waals surface area contributed by atoms with Crippen molar-refractivity contribution >= 4 is 23.1 Å². The molecule has 0 amide bonds. The summed E-state index contributed by atoms with van der Waals surface area (Å²) in [6.45, 7) is 4.64. The molecule has 0 radical (unpaired) electrons. The molecule has 3 atom stereocenters. The summed E-state index contributed by atoms with van der Waals surface area (Å²) < 4.78 is 1.88. The zero-order chi connectivity index (χ0) is 18.3. The van der Waals surface area contributed by atoms with Gasteiger partial charge in [-0.2, -0.15) is 5.26 Å². The molecule has 2 aromatic heterocycles. The molecule has 4 rings (SSSR count). The Labute approximate surface area is 158 Å². The second-order valence-corrected chi connectivity index (χ2v) is 7.73. The summed E-state index contributed by atoms with van der Waals surface area (Å²) in [4.78, 5) is 4.75. The smallest absolute Gasteiger partial charge is 0.173 e. The quantitative estimate of drug-likeness (QED) is 0.677. The number of aromatic amines is 1. The molecule has 0 bridgehead atoms. The molecule has 3 aromatic rings. The minimum Gasteiger partial charge on any atom is -0.365 e. The maximum absolute atomic E-state index is 9.37. The van der Waals surface area contributed by atoms with Crippen molar-refractivity contribution < 1.29 is 0 Å². The van der Waals surface area contributed by atoms with Crippen LogP contribution in [0.3, 0.4) is 0 Å². The van der Waals surface area contributed by atoms with Crippen LogP contribution in [0.15, 0.2) is 30.5 Å². The first kappa shape index (κ1) is 17.0. The Morgan fingerprint density at radius 2 is 2.19 bits per heavy atom. The van der Waals surface area contributed by atoms with Crippen molar-refractivity contribution in [2.45, 2.75) is 39.2 Å². The van der Waals surface area contributed by atoms with Crippen molar-refractivity contribution in [3.8, 4) is 17.3 Å². The number of hydrogen-bond acceptors (Lipinski definition) is 3. The van der Waals surface area contributed by atoms with Crippen molar-refractivity contribution in [3.05, 3.63) is 41.0 Å². The van der Waals surface area contributed by atoms with Gasteiger partial charge in [0.25, 0.3) is 0 Å².